The van der Waals surface area contributed by atoms with Crippen molar-refractivity contribution < 1.29 is 19.0 Å². The third-order valence-electron chi connectivity index (χ3n) is 4.09. The van der Waals surface area contributed by atoms with Crippen LogP contribution in [-0.2, 0) is 20.8 Å². The van der Waals surface area contributed by atoms with E-state index in [1.807, 2.05) is 24.0 Å². The molecule has 122 valence electrons. The molecule has 3 atom stereocenters. The van der Waals surface area contributed by atoms with E-state index in [0.717, 1.165) is 31.4 Å². The van der Waals surface area contributed by atoms with Gasteiger partial charge in [0.2, 0.25) is 0 Å². The first-order chi connectivity index (χ1) is 10.8. The Morgan fingerprint density at radius 2 is 2.41 bits per heavy atom. The van der Waals surface area contributed by atoms with Gasteiger partial charge in [0.05, 0.1) is 25.5 Å². The zero-order chi connectivity index (χ0) is 15.4. The second-order valence-corrected chi connectivity index (χ2v) is 5.70. The Balaban J connectivity index is 1.60. The lowest BCUT2D eigenvalue weighted by atomic mass is 9.98. The van der Waals surface area contributed by atoms with E-state index in [1.54, 1.807) is 0 Å². The molecule has 2 saturated heterocycles. The second-order valence-electron chi connectivity index (χ2n) is 5.70. The largest absolute Gasteiger partial charge is 0.444 e. The van der Waals surface area contributed by atoms with E-state index in [2.05, 4.69) is 10.4 Å². The molecule has 1 N–H and O–H groups in total. The van der Waals surface area contributed by atoms with Crippen molar-refractivity contribution in [2.45, 2.75) is 51.0 Å². The summed E-state index contributed by atoms with van der Waals surface area (Å²) < 4.78 is 18.3. The van der Waals surface area contributed by atoms with Crippen molar-refractivity contribution in [2.75, 3.05) is 19.8 Å². The van der Waals surface area contributed by atoms with Crippen LogP contribution in [0.25, 0.3) is 0 Å². The molecule has 1 unspecified atom stereocenters. The lowest BCUT2D eigenvalue weighted by molar-refractivity contribution is -0.0130. The first-order valence-corrected chi connectivity index (χ1v) is 7.95. The molecule has 0 aliphatic carbocycles. The summed E-state index contributed by atoms with van der Waals surface area (Å²) in [5.74, 6) is 0. The standard InChI is InChI=1S/C15H23N3O4/c1-2-18-9-11(8-16-18)14-13(4-3-6-21-14)17-15(19)22-12-5-7-20-10-12/h8-9,12-14H,2-7,10H2,1H3,(H,17,19)/t12?,13-,14+/m1/s1. The van der Waals surface area contributed by atoms with Crippen LogP contribution in [-0.4, -0.2) is 47.8 Å². The molecule has 1 amide bonds. The Bertz CT molecular complexity index is 499. The normalized spacial score (nSPS) is 28.5. The molecule has 0 radical (unpaired) electrons. The fourth-order valence-corrected chi connectivity index (χ4v) is 2.90. The highest BCUT2D eigenvalue weighted by molar-refractivity contribution is 5.68. The minimum atomic E-state index is -0.390. The number of carbonyl (C=O) groups is 1. The molecule has 7 nitrogen and oxygen atoms in total. The Morgan fingerprint density at radius 3 is 3.14 bits per heavy atom. The van der Waals surface area contributed by atoms with Gasteiger partial charge in [-0.05, 0) is 19.8 Å². The maximum atomic E-state index is 12.0. The number of amides is 1. The summed E-state index contributed by atoms with van der Waals surface area (Å²) in [5.41, 5.74) is 0.996. The van der Waals surface area contributed by atoms with Gasteiger partial charge in [-0.15, -0.1) is 0 Å². The van der Waals surface area contributed by atoms with E-state index in [1.165, 1.54) is 0 Å². The molecular formula is C15H23N3O4. The highest BCUT2D eigenvalue weighted by Gasteiger charge is 2.31. The second kappa shape index (κ2) is 7.11. The van der Waals surface area contributed by atoms with E-state index >= 15 is 0 Å². The van der Waals surface area contributed by atoms with E-state index in [9.17, 15) is 4.79 Å². The third-order valence-corrected chi connectivity index (χ3v) is 4.09. The molecule has 3 heterocycles. The van der Waals surface area contributed by atoms with Crippen LogP contribution >= 0.6 is 0 Å². The summed E-state index contributed by atoms with van der Waals surface area (Å²) in [6.45, 7) is 4.69. The minimum Gasteiger partial charge on any atom is -0.444 e. The molecule has 22 heavy (non-hydrogen) atoms. The Labute approximate surface area is 129 Å². The third kappa shape index (κ3) is 3.59. The van der Waals surface area contributed by atoms with Gasteiger partial charge in [0.1, 0.15) is 12.2 Å². The van der Waals surface area contributed by atoms with Gasteiger partial charge in [0.25, 0.3) is 0 Å². The van der Waals surface area contributed by atoms with Crippen LogP contribution in [0.4, 0.5) is 4.79 Å². The predicted molar refractivity (Wildman–Crippen MR) is 78.5 cm³/mol. The number of aromatic nitrogens is 2. The lowest BCUT2D eigenvalue weighted by Crippen LogP contribution is -2.44. The van der Waals surface area contributed by atoms with E-state index in [0.29, 0.717) is 19.8 Å². The average molecular weight is 309 g/mol. The van der Waals surface area contributed by atoms with Gasteiger partial charge in [0.15, 0.2) is 0 Å². The predicted octanol–water partition coefficient (Wildman–Crippen LogP) is 1.64. The number of alkyl carbamates (subject to hydrolysis) is 1. The van der Waals surface area contributed by atoms with Gasteiger partial charge in [-0.3, -0.25) is 4.68 Å². The van der Waals surface area contributed by atoms with Crippen LogP contribution < -0.4 is 5.32 Å². The first-order valence-electron chi connectivity index (χ1n) is 7.95. The lowest BCUT2D eigenvalue weighted by Gasteiger charge is -2.31. The summed E-state index contributed by atoms with van der Waals surface area (Å²) in [6, 6.07) is -0.0851. The summed E-state index contributed by atoms with van der Waals surface area (Å²) in [6.07, 6.45) is 5.66. The van der Waals surface area contributed by atoms with Crippen LogP contribution in [0.3, 0.4) is 0 Å². The number of nitrogens with zero attached hydrogens (tertiary/aromatic N) is 2. The van der Waals surface area contributed by atoms with Crippen molar-refractivity contribution in [1.29, 1.82) is 0 Å². The van der Waals surface area contributed by atoms with Gasteiger partial charge in [-0.1, -0.05) is 0 Å². The maximum absolute atomic E-state index is 12.0. The van der Waals surface area contributed by atoms with Gasteiger partial charge in [0, 0.05) is 31.3 Å². The molecule has 2 fully saturated rings. The number of rotatable bonds is 4. The molecule has 3 rings (SSSR count). The Kier molecular flexibility index (Phi) is 4.94. The van der Waals surface area contributed by atoms with Crippen molar-refractivity contribution in [3.05, 3.63) is 18.0 Å². The molecule has 0 saturated carbocycles. The molecule has 7 heteroatoms. The average Bonchev–Trinajstić information content (AvgIpc) is 3.19. The SMILES string of the molecule is CCn1cc([C@@H]2OCCC[C@H]2NC(=O)OC2CCOC2)cn1. The Hall–Kier alpha value is -1.60. The molecule has 1 aromatic rings. The van der Waals surface area contributed by atoms with Gasteiger partial charge in [-0.2, -0.15) is 5.10 Å². The summed E-state index contributed by atoms with van der Waals surface area (Å²) in [4.78, 5) is 12.0. The minimum absolute atomic E-state index is 0.0851. The number of carbonyl (C=O) groups excluding carboxylic acids is 1. The number of hydrogen-bond donors (Lipinski definition) is 1. The topological polar surface area (TPSA) is 74.6 Å². The molecular weight excluding hydrogens is 286 g/mol. The summed E-state index contributed by atoms with van der Waals surface area (Å²) >= 11 is 0. The zero-order valence-corrected chi connectivity index (χ0v) is 12.9. The fourth-order valence-electron chi connectivity index (χ4n) is 2.90. The van der Waals surface area contributed by atoms with Crippen molar-refractivity contribution in [2.24, 2.45) is 0 Å². The first kappa shape index (κ1) is 15.3. The van der Waals surface area contributed by atoms with Crippen LogP contribution in [0, 0.1) is 0 Å². The van der Waals surface area contributed by atoms with Crippen molar-refractivity contribution in [3.8, 4) is 0 Å². The number of ether oxygens (including phenoxy) is 3. The molecule has 2 aliphatic rings. The number of nitrogens with one attached hydrogen (secondary N) is 1. The van der Waals surface area contributed by atoms with Crippen LogP contribution in [0.5, 0.6) is 0 Å². The molecule has 1 aromatic heterocycles. The van der Waals surface area contributed by atoms with Gasteiger partial charge >= 0.3 is 6.09 Å². The van der Waals surface area contributed by atoms with Crippen LogP contribution in [0.15, 0.2) is 12.4 Å². The number of hydrogen-bond acceptors (Lipinski definition) is 5. The smallest absolute Gasteiger partial charge is 0.407 e. The molecule has 0 spiro atoms. The maximum Gasteiger partial charge on any atom is 0.407 e. The van der Waals surface area contributed by atoms with Crippen molar-refractivity contribution in [3.63, 3.8) is 0 Å². The van der Waals surface area contributed by atoms with Crippen LogP contribution in [0.1, 0.15) is 37.9 Å². The quantitative estimate of drug-likeness (QED) is 0.915. The zero-order valence-electron chi connectivity index (χ0n) is 12.9. The molecule has 2 aliphatic heterocycles. The van der Waals surface area contributed by atoms with Gasteiger partial charge < -0.3 is 19.5 Å². The van der Waals surface area contributed by atoms with Gasteiger partial charge in [-0.25, -0.2) is 4.79 Å². The molecule has 0 aromatic carbocycles. The van der Waals surface area contributed by atoms with E-state index in [4.69, 9.17) is 14.2 Å². The van der Waals surface area contributed by atoms with Crippen molar-refractivity contribution in [1.82, 2.24) is 15.1 Å². The van der Waals surface area contributed by atoms with E-state index < -0.39 is 0 Å². The summed E-state index contributed by atoms with van der Waals surface area (Å²) in [5, 5.41) is 7.23. The van der Waals surface area contributed by atoms with Crippen LogP contribution in [0.2, 0.25) is 0 Å². The summed E-state index contributed by atoms with van der Waals surface area (Å²) in [7, 11) is 0. The van der Waals surface area contributed by atoms with Crippen molar-refractivity contribution >= 4 is 6.09 Å². The fraction of sp³-hybridized carbons (Fsp3) is 0.733. The highest BCUT2D eigenvalue weighted by Crippen LogP contribution is 2.28. The number of aryl methyl sites for hydroxylation is 1. The van der Waals surface area contributed by atoms with E-state index in [-0.39, 0.29) is 24.3 Å². The molecule has 0 bridgehead atoms. The monoisotopic (exact) mass is 309 g/mol. The Morgan fingerprint density at radius 1 is 1.50 bits per heavy atom. The highest BCUT2D eigenvalue weighted by atomic mass is 16.6.